The molecule has 5 nitrogen and oxygen atoms in total. The summed E-state index contributed by atoms with van der Waals surface area (Å²) in [6, 6.07) is -0.362. The fourth-order valence-corrected chi connectivity index (χ4v) is 2.63. The third-order valence-electron chi connectivity index (χ3n) is 4.10. The second kappa shape index (κ2) is 13.1. The number of carbonyl (C=O) groups excluding carboxylic acids is 1. The van der Waals surface area contributed by atoms with Gasteiger partial charge in [0, 0.05) is 11.9 Å². The molecule has 0 saturated heterocycles. The summed E-state index contributed by atoms with van der Waals surface area (Å²) in [6.45, 7) is 2.77. The van der Waals surface area contributed by atoms with Crippen LogP contribution in [-0.2, 0) is 16.0 Å². The van der Waals surface area contributed by atoms with Crippen LogP contribution in [-0.4, -0.2) is 28.6 Å². The Bertz CT molecular complexity index is 393. The van der Waals surface area contributed by atoms with Crippen LogP contribution in [0.1, 0.15) is 76.8 Å². The molecule has 1 atom stereocenters. The summed E-state index contributed by atoms with van der Waals surface area (Å²) in [5.41, 5.74) is 4.78. The van der Waals surface area contributed by atoms with Crippen molar-refractivity contribution >= 4 is 5.97 Å². The third kappa shape index (κ3) is 10.1. The number of rotatable bonds is 14. The molecule has 0 aromatic carbocycles. The first-order valence-corrected chi connectivity index (χ1v) is 9.21. The molecule has 0 saturated carbocycles. The Morgan fingerprint density at radius 1 is 1.13 bits per heavy atom. The van der Waals surface area contributed by atoms with Crippen molar-refractivity contribution in [2.75, 3.05) is 6.61 Å². The van der Waals surface area contributed by atoms with Gasteiger partial charge in [0.1, 0.15) is 0 Å². The number of hydrogen-bond donors (Lipinski definition) is 2. The van der Waals surface area contributed by atoms with Gasteiger partial charge in [-0.25, -0.2) is 9.78 Å². The smallest absolute Gasteiger partial charge is 0.365 e. The molecule has 0 bridgehead atoms. The van der Waals surface area contributed by atoms with Gasteiger partial charge >= 0.3 is 5.97 Å². The fourth-order valence-electron chi connectivity index (χ4n) is 2.63. The first-order chi connectivity index (χ1) is 11.2. The number of ether oxygens (including phenoxy) is 1. The molecule has 0 amide bonds. The van der Waals surface area contributed by atoms with E-state index in [1.807, 2.05) is 0 Å². The number of hydrogen-bond acceptors (Lipinski definition) is 3. The van der Waals surface area contributed by atoms with Crippen molar-refractivity contribution in [1.29, 1.82) is 0 Å². The second-order valence-electron chi connectivity index (χ2n) is 6.33. The van der Waals surface area contributed by atoms with Gasteiger partial charge in [0.2, 0.25) is 0 Å². The number of unbranched alkanes of at least 4 members (excludes halogenated alkanes) is 9. The van der Waals surface area contributed by atoms with Crippen molar-refractivity contribution in [2.24, 2.45) is 0 Å². The number of aromatic amines is 1. The van der Waals surface area contributed by atoms with Crippen LogP contribution in [0.3, 0.4) is 0 Å². The molecule has 0 aliphatic heterocycles. The summed E-state index contributed by atoms with van der Waals surface area (Å²) in [4.78, 5) is 18.7. The van der Waals surface area contributed by atoms with E-state index in [1.165, 1.54) is 51.4 Å². The number of quaternary nitrogens is 1. The molecule has 4 N–H and O–H groups in total. The minimum atomic E-state index is -0.362. The van der Waals surface area contributed by atoms with Crippen molar-refractivity contribution < 1.29 is 15.3 Å². The van der Waals surface area contributed by atoms with Crippen LogP contribution >= 0.6 is 0 Å². The summed E-state index contributed by atoms with van der Waals surface area (Å²) >= 11 is 0. The number of esters is 1. The molecule has 0 aliphatic rings. The topological polar surface area (TPSA) is 82.6 Å². The minimum absolute atomic E-state index is 0.212. The summed E-state index contributed by atoms with van der Waals surface area (Å²) < 4.78 is 5.29. The molecule has 1 rings (SSSR count). The zero-order valence-corrected chi connectivity index (χ0v) is 14.7. The van der Waals surface area contributed by atoms with Crippen LogP contribution < -0.4 is 5.73 Å². The van der Waals surface area contributed by atoms with Crippen molar-refractivity contribution in [3.05, 3.63) is 18.2 Å². The molecule has 5 heteroatoms. The van der Waals surface area contributed by atoms with Crippen LogP contribution in [0.4, 0.5) is 0 Å². The lowest BCUT2D eigenvalue weighted by atomic mass is 10.1. The quantitative estimate of drug-likeness (QED) is 0.407. The highest BCUT2D eigenvalue weighted by atomic mass is 16.5. The van der Waals surface area contributed by atoms with E-state index in [1.54, 1.807) is 12.5 Å². The van der Waals surface area contributed by atoms with Crippen LogP contribution in [0.2, 0.25) is 0 Å². The number of nitrogens with one attached hydrogen (secondary N) is 1. The van der Waals surface area contributed by atoms with Gasteiger partial charge in [0.05, 0.1) is 19.4 Å². The fraction of sp³-hybridized carbons (Fsp3) is 0.778. The van der Waals surface area contributed by atoms with Gasteiger partial charge in [-0.15, -0.1) is 0 Å². The largest absolute Gasteiger partial charge is 0.461 e. The number of imidazole rings is 1. The second-order valence-corrected chi connectivity index (χ2v) is 6.33. The van der Waals surface area contributed by atoms with Crippen molar-refractivity contribution in [1.82, 2.24) is 9.97 Å². The molecule has 1 unspecified atom stereocenters. The first kappa shape index (κ1) is 19.7. The zero-order chi connectivity index (χ0) is 16.8. The SMILES string of the molecule is CCCCCCCCCCCCOC(=O)C([NH3+])Cc1cnc[nH]1. The first-order valence-electron chi connectivity index (χ1n) is 9.21. The Morgan fingerprint density at radius 3 is 2.30 bits per heavy atom. The molecule has 0 spiro atoms. The van der Waals surface area contributed by atoms with Crippen LogP contribution in [0, 0.1) is 0 Å². The van der Waals surface area contributed by atoms with Crippen molar-refractivity contribution in [3.8, 4) is 0 Å². The average molecular weight is 324 g/mol. The molecule has 132 valence electrons. The van der Waals surface area contributed by atoms with Crippen LogP contribution in [0.15, 0.2) is 12.5 Å². The van der Waals surface area contributed by atoms with E-state index < -0.39 is 0 Å². The molecular weight excluding hydrogens is 290 g/mol. The van der Waals surface area contributed by atoms with E-state index in [-0.39, 0.29) is 12.0 Å². The highest BCUT2D eigenvalue weighted by molar-refractivity contribution is 5.74. The molecule has 1 aromatic rings. The zero-order valence-electron chi connectivity index (χ0n) is 14.7. The van der Waals surface area contributed by atoms with Gasteiger partial charge in [-0.2, -0.15) is 0 Å². The summed E-state index contributed by atoms with van der Waals surface area (Å²) in [5.74, 6) is -0.212. The Balaban J connectivity index is 1.89. The highest BCUT2D eigenvalue weighted by Gasteiger charge is 2.19. The van der Waals surface area contributed by atoms with E-state index in [0.29, 0.717) is 13.0 Å². The van der Waals surface area contributed by atoms with E-state index in [0.717, 1.165) is 18.5 Å². The van der Waals surface area contributed by atoms with Gasteiger partial charge in [-0.3, -0.25) is 0 Å². The maximum absolute atomic E-state index is 11.8. The Labute approximate surface area is 140 Å². The number of nitrogens with zero attached hydrogens (tertiary/aromatic N) is 1. The lowest BCUT2D eigenvalue weighted by Crippen LogP contribution is -2.66. The van der Waals surface area contributed by atoms with E-state index in [9.17, 15) is 4.79 Å². The maximum atomic E-state index is 11.8. The number of H-pyrrole nitrogens is 1. The van der Waals surface area contributed by atoms with Crippen LogP contribution in [0.5, 0.6) is 0 Å². The number of aromatic nitrogens is 2. The summed E-state index contributed by atoms with van der Waals surface area (Å²) in [7, 11) is 0. The molecule has 0 fully saturated rings. The number of carbonyl (C=O) groups is 1. The molecule has 0 aliphatic carbocycles. The van der Waals surface area contributed by atoms with Crippen molar-refractivity contribution in [2.45, 2.75) is 83.6 Å². The maximum Gasteiger partial charge on any atom is 0.365 e. The molecule has 1 aromatic heterocycles. The van der Waals surface area contributed by atoms with Crippen LogP contribution in [0.25, 0.3) is 0 Å². The van der Waals surface area contributed by atoms with Gasteiger partial charge in [0.15, 0.2) is 6.04 Å². The predicted molar refractivity (Wildman–Crippen MR) is 91.8 cm³/mol. The molecule has 0 radical (unpaired) electrons. The van der Waals surface area contributed by atoms with Gasteiger partial charge < -0.3 is 15.5 Å². The Kier molecular flexibility index (Phi) is 11.2. The summed E-state index contributed by atoms with van der Waals surface area (Å²) in [6.07, 6.45) is 16.7. The van der Waals surface area contributed by atoms with Gasteiger partial charge in [0.25, 0.3) is 0 Å². The third-order valence-corrected chi connectivity index (χ3v) is 4.10. The van der Waals surface area contributed by atoms with Gasteiger partial charge in [-0.1, -0.05) is 64.7 Å². The molecule has 23 heavy (non-hydrogen) atoms. The van der Waals surface area contributed by atoms with E-state index in [2.05, 4.69) is 22.6 Å². The van der Waals surface area contributed by atoms with Crippen molar-refractivity contribution in [3.63, 3.8) is 0 Å². The molecular formula is C18H34N3O2+. The predicted octanol–water partition coefficient (Wildman–Crippen LogP) is 3.03. The highest BCUT2D eigenvalue weighted by Crippen LogP contribution is 2.10. The monoisotopic (exact) mass is 324 g/mol. The average Bonchev–Trinajstić information content (AvgIpc) is 3.05. The lowest BCUT2D eigenvalue weighted by Gasteiger charge is -2.08. The lowest BCUT2D eigenvalue weighted by molar-refractivity contribution is -0.408. The molecule has 1 heterocycles. The summed E-state index contributed by atoms with van der Waals surface area (Å²) in [5, 5.41) is 0. The Morgan fingerprint density at radius 2 is 1.74 bits per heavy atom. The van der Waals surface area contributed by atoms with E-state index >= 15 is 0 Å². The van der Waals surface area contributed by atoms with Gasteiger partial charge in [-0.05, 0) is 6.42 Å². The minimum Gasteiger partial charge on any atom is -0.461 e. The Hall–Kier alpha value is -1.36. The normalized spacial score (nSPS) is 12.3. The van der Waals surface area contributed by atoms with E-state index in [4.69, 9.17) is 4.74 Å². The standard InChI is InChI=1S/C18H33N3O2/c1-2-3-4-5-6-7-8-9-10-11-12-23-18(22)17(19)13-16-14-20-15-21-16/h14-15,17H,2-13,19H2,1H3,(H,20,21)/p+1.